The Morgan fingerprint density at radius 3 is 1.57 bits per heavy atom. The minimum absolute atomic E-state index is 0. The molecule has 0 saturated carbocycles. The molecule has 0 fully saturated rings. The third kappa shape index (κ3) is 8.24. The summed E-state index contributed by atoms with van der Waals surface area (Å²) in [7, 11) is -4.52. The standard InChI is InChI=1S/C21H36N2O3S.K/c1-2-3-4-5-6-7-8-9-10-11-12-15-18-21(27(24,25)26)22-19-16-13-14-17-20(19)23-21;/h13-14,16-17,22-23H,2-12,15,18H2,1H3,(H,24,25,26);/q;+1/p-1. The van der Waals surface area contributed by atoms with Gasteiger partial charge in [-0.25, -0.2) is 8.42 Å². The van der Waals surface area contributed by atoms with Gasteiger partial charge in [-0.1, -0.05) is 89.7 Å². The Morgan fingerprint density at radius 2 is 1.18 bits per heavy atom. The summed E-state index contributed by atoms with van der Waals surface area (Å²) >= 11 is 0. The van der Waals surface area contributed by atoms with Crippen molar-refractivity contribution in [1.29, 1.82) is 0 Å². The Kier molecular flexibility index (Phi) is 12.8. The second-order valence-electron chi connectivity index (χ2n) is 7.72. The fraction of sp³-hybridized carbons (Fsp3) is 0.714. The van der Waals surface area contributed by atoms with Gasteiger partial charge in [-0.05, 0) is 18.6 Å². The van der Waals surface area contributed by atoms with Crippen LogP contribution < -0.4 is 62.0 Å². The van der Waals surface area contributed by atoms with Crippen LogP contribution in [0.3, 0.4) is 0 Å². The maximum atomic E-state index is 11.9. The molecular formula is C21H35KN2O3S. The number of hydrogen-bond donors (Lipinski definition) is 2. The number of rotatable bonds is 14. The summed E-state index contributed by atoms with van der Waals surface area (Å²) < 4.78 is 35.6. The van der Waals surface area contributed by atoms with Gasteiger partial charge in [0.1, 0.15) is 10.1 Å². The molecule has 1 aliphatic heterocycles. The third-order valence-electron chi connectivity index (χ3n) is 5.41. The van der Waals surface area contributed by atoms with Crippen molar-refractivity contribution in [3.05, 3.63) is 24.3 Å². The molecule has 0 amide bonds. The molecule has 154 valence electrons. The molecule has 28 heavy (non-hydrogen) atoms. The molecule has 0 spiro atoms. The Morgan fingerprint density at radius 1 is 0.786 bits per heavy atom. The van der Waals surface area contributed by atoms with E-state index in [4.69, 9.17) is 0 Å². The molecule has 2 rings (SSSR count). The smallest absolute Gasteiger partial charge is 0.745 e. The maximum absolute atomic E-state index is 11.9. The van der Waals surface area contributed by atoms with Gasteiger partial charge in [-0.2, -0.15) is 0 Å². The Balaban J connectivity index is 0.00000392. The molecule has 1 aromatic carbocycles. The molecule has 0 aromatic heterocycles. The molecule has 7 heteroatoms. The van der Waals surface area contributed by atoms with E-state index in [0.29, 0.717) is 17.8 Å². The van der Waals surface area contributed by atoms with E-state index in [-0.39, 0.29) is 57.8 Å². The average molecular weight is 435 g/mol. The van der Waals surface area contributed by atoms with Crippen LogP contribution in [-0.2, 0) is 10.1 Å². The van der Waals surface area contributed by atoms with E-state index >= 15 is 0 Å². The van der Waals surface area contributed by atoms with Gasteiger partial charge in [0.2, 0.25) is 4.99 Å². The largest absolute Gasteiger partial charge is 1.00 e. The first kappa shape index (κ1) is 26.4. The molecule has 0 unspecified atom stereocenters. The molecule has 1 aromatic rings. The summed E-state index contributed by atoms with van der Waals surface area (Å²) in [4.78, 5) is -1.60. The van der Waals surface area contributed by atoms with Gasteiger partial charge in [0.15, 0.2) is 0 Å². The molecule has 0 saturated heterocycles. The van der Waals surface area contributed by atoms with Crippen molar-refractivity contribution in [2.75, 3.05) is 10.6 Å². The fourth-order valence-corrected chi connectivity index (χ4v) is 4.62. The minimum atomic E-state index is -4.52. The van der Waals surface area contributed by atoms with E-state index in [9.17, 15) is 13.0 Å². The van der Waals surface area contributed by atoms with Crippen LogP contribution in [0, 0.1) is 0 Å². The van der Waals surface area contributed by atoms with E-state index in [2.05, 4.69) is 17.6 Å². The average Bonchev–Trinajstić information content (AvgIpc) is 3.02. The number of benzene rings is 1. The van der Waals surface area contributed by atoms with Gasteiger partial charge in [0, 0.05) is 6.42 Å². The SMILES string of the molecule is CCCCCCCCCCCCCCC1(S(=O)(=O)[O-])Nc2ccccc2N1.[K+]. The van der Waals surface area contributed by atoms with Gasteiger partial charge in [-0.15, -0.1) is 0 Å². The van der Waals surface area contributed by atoms with Crippen molar-refractivity contribution in [3.63, 3.8) is 0 Å². The fourth-order valence-electron chi connectivity index (χ4n) is 3.76. The quantitative estimate of drug-likeness (QED) is 0.267. The van der Waals surface area contributed by atoms with Gasteiger partial charge in [0.25, 0.3) is 0 Å². The number of anilines is 2. The van der Waals surface area contributed by atoms with Crippen LogP contribution >= 0.6 is 0 Å². The van der Waals surface area contributed by atoms with Crippen LogP contribution in [0.2, 0.25) is 0 Å². The van der Waals surface area contributed by atoms with Crippen molar-refractivity contribution in [2.45, 2.75) is 95.4 Å². The number of unbranched alkanes of at least 4 members (excludes halogenated alkanes) is 11. The van der Waals surface area contributed by atoms with Gasteiger partial charge >= 0.3 is 51.4 Å². The van der Waals surface area contributed by atoms with Crippen molar-refractivity contribution in [3.8, 4) is 0 Å². The molecule has 5 nitrogen and oxygen atoms in total. The summed E-state index contributed by atoms with van der Waals surface area (Å²) in [6.45, 7) is 2.24. The molecule has 0 radical (unpaired) electrons. The van der Waals surface area contributed by atoms with Crippen LogP contribution in [0.15, 0.2) is 24.3 Å². The van der Waals surface area contributed by atoms with Crippen LogP contribution in [0.4, 0.5) is 11.4 Å². The van der Waals surface area contributed by atoms with Crippen molar-refractivity contribution < 1.29 is 64.4 Å². The van der Waals surface area contributed by atoms with Crippen LogP contribution in [0.5, 0.6) is 0 Å². The second-order valence-corrected chi connectivity index (χ2v) is 9.32. The van der Waals surface area contributed by atoms with Crippen LogP contribution in [0.1, 0.15) is 90.4 Å². The third-order valence-corrected chi connectivity index (χ3v) is 6.67. The summed E-state index contributed by atoms with van der Waals surface area (Å²) in [5.74, 6) is 0. The van der Waals surface area contributed by atoms with Crippen molar-refractivity contribution in [1.82, 2.24) is 0 Å². The molecule has 0 bridgehead atoms. The van der Waals surface area contributed by atoms with Crippen molar-refractivity contribution in [2.24, 2.45) is 0 Å². The van der Waals surface area contributed by atoms with Gasteiger partial charge < -0.3 is 15.2 Å². The molecule has 1 aliphatic rings. The zero-order valence-corrected chi connectivity index (χ0v) is 21.6. The number of hydrogen-bond acceptors (Lipinski definition) is 5. The predicted molar refractivity (Wildman–Crippen MR) is 112 cm³/mol. The summed E-state index contributed by atoms with van der Waals surface area (Å²) in [6, 6.07) is 7.23. The Bertz CT molecular complexity index is 642. The van der Waals surface area contributed by atoms with E-state index < -0.39 is 15.1 Å². The first-order valence-corrected chi connectivity index (χ1v) is 12.0. The maximum Gasteiger partial charge on any atom is 1.00 e. The Hall–Kier alpha value is 0.366. The molecule has 0 atom stereocenters. The number of fused-ring (bicyclic) bond motifs is 1. The summed E-state index contributed by atoms with van der Waals surface area (Å²) in [6.07, 6.45) is 14.8. The van der Waals surface area contributed by atoms with E-state index in [1.165, 1.54) is 57.8 Å². The topological polar surface area (TPSA) is 81.3 Å². The van der Waals surface area contributed by atoms with Gasteiger partial charge in [-0.3, -0.25) is 0 Å². The van der Waals surface area contributed by atoms with Crippen LogP contribution in [-0.4, -0.2) is 18.0 Å². The monoisotopic (exact) mass is 434 g/mol. The normalized spacial score (nSPS) is 14.6. The predicted octanol–water partition coefficient (Wildman–Crippen LogP) is 2.82. The van der Waals surface area contributed by atoms with E-state index in [0.717, 1.165) is 12.8 Å². The Labute approximate surface area is 214 Å². The van der Waals surface area contributed by atoms with Crippen LogP contribution in [0.25, 0.3) is 0 Å². The first-order valence-electron chi connectivity index (χ1n) is 10.6. The van der Waals surface area contributed by atoms with Gasteiger partial charge in [0.05, 0.1) is 11.4 Å². The number of para-hydroxylation sites is 2. The summed E-state index contributed by atoms with van der Waals surface area (Å²) in [5, 5.41) is 5.83. The van der Waals surface area contributed by atoms with Crippen molar-refractivity contribution >= 4 is 21.5 Å². The number of nitrogens with one attached hydrogen (secondary N) is 2. The minimum Gasteiger partial charge on any atom is -0.745 e. The molecule has 2 N–H and O–H groups in total. The summed E-state index contributed by atoms with van der Waals surface area (Å²) in [5.41, 5.74) is 1.35. The van der Waals surface area contributed by atoms with E-state index in [1.807, 2.05) is 12.1 Å². The van der Waals surface area contributed by atoms with E-state index in [1.54, 1.807) is 12.1 Å². The zero-order valence-electron chi connectivity index (χ0n) is 17.6. The molecular weight excluding hydrogens is 399 g/mol. The molecule has 1 heterocycles. The second kappa shape index (κ2) is 13.6. The first-order chi connectivity index (χ1) is 13.0. The zero-order chi connectivity index (χ0) is 19.6. The molecule has 0 aliphatic carbocycles.